The number of hydrogen-bond acceptors (Lipinski definition) is 2. The van der Waals surface area contributed by atoms with Crippen molar-refractivity contribution >= 4 is 22.5 Å². The molecule has 0 N–H and O–H groups in total. The van der Waals surface area contributed by atoms with Crippen LogP contribution in [0.15, 0.2) is 0 Å². The van der Waals surface area contributed by atoms with Gasteiger partial charge in [-0.3, -0.25) is 0 Å². The van der Waals surface area contributed by atoms with Crippen molar-refractivity contribution < 1.29 is 0 Å². The van der Waals surface area contributed by atoms with E-state index in [1.165, 1.54) is 31.4 Å². The average molecular weight is 178 g/mol. The normalized spacial score (nSPS) is 10.8. The van der Waals surface area contributed by atoms with E-state index < -0.39 is 0 Å². The largest absolute Gasteiger partial charge is 0.111 e. The molecule has 0 aromatic rings. The van der Waals surface area contributed by atoms with E-state index in [9.17, 15) is 0 Å². The van der Waals surface area contributed by atoms with Gasteiger partial charge in [-0.05, 0) is 12.3 Å². The maximum atomic E-state index is 4.08. The van der Waals surface area contributed by atoms with Gasteiger partial charge in [0.2, 0.25) is 0 Å². The lowest BCUT2D eigenvalue weighted by Gasteiger charge is -2.02. The highest BCUT2D eigenvalue weighted by Crippen LogP contribution is 2.12. The first kappa shape index (κ1) is 10.7. The van der Waals surface area contributed by atoms with E-state index in [2.05, 4.69) is 25.5 Å². The minimum atomic E-state index is 0.878. The molecule has 0 aromatic heterocycles. The van der Waals surface area contributed by atoms with E-state index in [1.807, 2.05) is 0 Å². The van der Waals surface area contributed by atoms with E-state index in [4.69, 9.17) is 0 Å². The molecule has 0 radical (unpaired) electrons. The van der Waals surface area contributed by atoms with Gasteiger partial charge in [-0.15, -0.1) is 11.7 Å². The minimum absolute atomic E-state index is 0.878. The van der Waals surface area contributed by atoms with Crippen LogP contribution in [-0.4, -0.2) is 5.75 Å². The lowest BCUT2D eigenvalue weighted by molar-refractivity contribution is 0.535. The van der Waals surface area contributed by atoms with Gasteiger partial charge < -0.3 is 0 Å². The Kier molecular flexibility index (Phi) is 8.35. The highest BCUT2D eigenvalue weighted by Gasteiger charge is 1.93. The van der Waals surface area contributed by atoms with Crippen molar-refractivity contribution in [2.75, 3.05) is 5.75 Å². The van der Waals surface area contributed by atoms with Crippen molar-refractivity contribution in [1.29, 1.82) is 0 Å². The number of rotatable bonds is 6. The Hall–Kier alpha value is 0.700. The van der Waals surface area contributed by atoms with Gasteiger partial charge in [-0.2, -0.15) is 0 Å². The summed E-state index contributed by atoms with van der Waals surface area (Å²) in [6.07, 6.45) is 5.50. The molecular formula is C8H18S2. The van der Waals surface area contributed by atoms with Crippen LogP contribution < -0.4 is 0 Å². The van der Waals surface area contributed by atoms with Gasteiger partial charge in [0.25, 0.3) is 0 Å². The van der Waals surface area contributed by atoms with Gasteiger partial charge in [0.15, 0.2) is 0 Å². The molecule has 0 spiro atoms. The van der Waals surface area contributed by atoms with Crippen LogP contribution in [0.5, 0.6) is 0 Å². The average Bonchev–Trinajstić information content (AvgIpc) is 1.87. The summed E-state index contributed by atoms with van der Waals surface area (Å²) in [5.74, 6) is 2.09. The summed E-state index contributed by atoms with van der Waals surface area (Å²) < 4.78 is 0. The first-order valence-corrected chi connectivity index (χ1v) is 6.07. The van der Waals surface area contributed by atoms with Gasteiger partial charge in [0.1, 0.15) is 0 Å². The number of unbranched alkanes of at least 4 members (excludes halogenated alkanes) is 2. The molecule has 0 rings (SSSR count). The molecule has 0 unspecified atom stereocenters. The van der Waals surface area contributed by atoms with Crippen molar-refractivity contribution in [1.82, 2.24) is 0 Å². The van der Waals surface area contributed by atoms with Gasteiger partial charge >= 0.3 is 0 Å². The second kappa shape index (κ2) is 7.80. The van der Waals surface area contributed by atoms with Crippen molar-refractivity contribution in [2.24, 2.45) is 5.92 Å². The molecule has 0 saturated heterocycles. The summed E-state index contributed by atoms with van der Waals surface area (Å²) in [6.45, 7) is 4.57. The van der Waals surface area contributed by atoms with Gasteiger partial charge in [-0.1, -0.05) is 43.9 Å². The molecule has 0 aliphatic carbocycles. The smallest absolute Gasteiger partial charge is 0.00345 e. The lowest BCUT2D eigenvalue weighted by Crippen LogP contribution is -1.87. The predicted octanol–water partition coefficient (Wildman–Crippen LogP) is 3.78. The zero-order valence-electron chi connectivity index (χ0n) is 6.97. The lowest BCUT2D eigenvalue weighted by atomic mass is 10.1. The van der Waals surface area contributed by atoms with Gasteiger partial charge in [-0.25, -0.2) is 0 Å². The van der Waals surface area contributed by atoms with Crippen LogP contribution in [0.1, 0.15) is 39.5 Å². The predicted molar refractivity (Wildman–Crippen MR) is 54.8 cm³/mol. The zero-order chi connectivity index (χ0) is 7.82. The van der Waals surface area contributed by atoms with Crippen LogP contribution in [0.25, 0.3) is 0 Å². The Bertz CT molecular complexity index is 62.3. The Labute approximate surface area is 74.0 Å². The van der Waals surface area contributed by atoms with Crippen molar-refractivity contribution in [2.45, 2.75) is 39.5 Å². The molecular weight excluding hydrogens is 160 g/mol. The van der Waals surface area contributed by atoms with E-state index in [-0.39, 0.29) is 0 Å². The van der Waals surface area contributed by atoms with Gasteiger partial charge in [0, 0.05) is 5.75 Å². The van der Waals surface area contributed by atoms with E-state index in [1.54, 1.807) is 10.8 Å². The molecule has 62 valence electrons. The molecule has 0 amide bonds. The molecule has 2 heteroatoms. The fraction of sp³-hybridized carbons (Fsp3) is 1.00. The minimum Gasteiger partial charge on any atom is -0.111 e. The van der Waals surface area contributed by atoms with Crippen LogP contribution >= 0.6 is 22.5 Å². The highest BCUT2D eigenvalue weighted by molar-refractivity contribution is 8.68. The molecule has 0 bridgehead atoms. The second-order valence-corrected chi connectivity index (χ2v) is 4.52. The Balaban J connectivity index is 2.77. The summed E-state index contributed by atoms with van der Waals surface area (Å²) in [5.41, 5.74) is 0. The molecule has 0 aromatic carbocycles. The summed E-state index contributed by atoms with van der Waals surface area (Å²) in [6, 6.07) is 0. The Morgan fingerprint density at radius 1 is 1.20 bits per heavy atom. The number of thiol groups is 1. The Morgan fingerprint density at radius 2 is 1.90 bits per heavy atom. The summed E-state index contributed by atoms with van der Waals surface area (Å²) in [4.78, 5) is 0. The fourth-order valence-corrected chi connectivity index (χ4v) is 1.62. The van der Waals surface area contributed by atoms with Crippen LogP contribution in [0, 0.1) is 5.92 Å². The highest BCUT2D eigenvalue weighted by atomic mass is 33.1. The van der Waals surface area contributed by atoms with Crippen molar-refractivity contribution in [3.05, 3.63) is 0 Å². The van der Waals surface area contributed by atoms with Crippen LogP contribution in [-0.2, 0) is 0 Å². The summed E-state index contributed by atoms with van der Waals surface area (Å²) >= 11 is 4.08. The third-order valence-electron chi connectivity index (χ3n) is 1.52. The third kappa shape index (κ3) is 8.70. The molecule has 0 atom stereocenters. The number of hydrogen-bond donors (Lipinski definition) is 1. The molecule has 0 heterocycles. The first-order chi connectivity index (χ1) is 4.77. The standard InChI is InChI=1S/C8H18S2/c1-8(2)6-4-3-5-7-10-9/h8-9H,3-7H2,1-2H3. The quantitative estimate of drug-likeness (QED) is 0.367. The van der Waals surface area contributed by atoms with E-state index >= 15 is 0 Å². The van der Waals surface area contributed by atoms with E-state index in [0.717, 1.165) is 5.92 Å². The molecule has 10 heavy (non-hydrogen) atoms. The second-order valence-electron chi connectivity index (χ2n) is 3.08. The van der Waals surface area contributed by atoms with Crippen LogP contribution in [0.4, 0.5) is 0 Å². The third-order valence-corrected chi connectivity index (χ3v) is 2.54. The first-order valence-electron chi connectivity index (χ1n) is 4.03. The maximum Gasteiger partial charge on any atom is 0.00345 e. The molecule has 0 aliphatic rings. The summed E-state index contributed by atoms with van der Waals surface area (Å²) in [7, 11) is 1.65. The SMILES string of the molecule is CC(C)CCCCCSS. The maximum absolute atomic E-state index is 4.08. The fourth-order valence-electron chi connectivity index (χ4n) is 0.896. The Morgan fingerprint density at radius 3 is 2.40 bits per heavy atom. The molecule has 0 aliphatic heterocycles. The molecule has 0 saturated carbocycles. The van der Waals surface area contributed by atoms with Crippen LogP contribution in [0.2, 0.25) is 0 Å². The molecule has 0 fully saturated rings. The topological polar surface area (TPSA) is 0 Å². The monoisotopic (exact) mass is 178 g/mol. The summed E-state index contributed by atoms with van der Waals surface area (Å²) in [5, 5.41) is 0. The molecule has 0 nitrogen and oxygen atoms in total. The van der Waals surface area contributed by atoms with E-state index in [0.29, 0.717) is 0 Å². The van der Waals surface area contributed by atoms with Crippen LogP contribution in [0.3, 0.4) is 0 Å². The van der Waals surface area contributed by atoms with Gasteiger partial charge in [0.05, 0.1) is 0 Å². The zero-order valence-corrected chi connectivity index (χ0v) is 8.68. The van der Waals surface area contributed by atoms with Crippen molar-refractivity contribution in [3.63, 3.8) is 0 Å². The van der Waals surface area contributed by atoms with Crippen molar-refractivity contribution in [3.8, 4) is 0 Å².